The normalized spacial score (nSPS) is 9.33. The Hall–Kier alpha value is -1.01. The number of aromatic nitrogens is 2. The molecule has 1 rings (SSSR count). The molecule has 0 atom stereocenters. The summed E-state index contributed by atoms with van der Waals surface area (Å²) in [5.74, 6) is 4.93. The minimum atomic E-state index is 0.720. The predicted octanol–water partition coefficient (Wildman–Crippen LogP) is 1.65. The molecule has 0 spiro atoms. The van der Waals surface area contributed by atoms with Crippen LogP contribution >= 0.6 is 11.8 Å². The van der Waals surface area contributed by atoms with Crippen LogP contribution in [0.5, 0.6) is 0 Å². The Morgan fingerprint density at radius 3 is 3.17 bits per heavy atom. The molecule has 0 unspecified atom stereocenters. The first-order valence-corrected chi connectivity index (χ1v) is 4.78. The summed E-state index contributed by atoms with van der Waals surface area (Å²) in [6.45, 7) is 1.96. The molecule has 0 radical (unpaired) electrons. The summed E-state index contributed by atoms with van der Waals surface area (Å²) in [6, 6.07) is 1.88. The molecule has 0 saturated carbocycles. The van der Waals surface area contributed by atoms with E-state index in [1.807, 2.05) is 13.0 Å². The second-order valence-corrected chi connectivity index (χ2v) is 3.30. The van der Waals surface area contributed by atoms with E-state index in [4.69, 9.17) is 6.42 Å². The number of hydrogen-bond acceptors (Lipinski definition) is 3. The molecule has 2 nitrogen and oxygen atoms in total. The van der Waals surface area contributed by atoms with Crippen molar-refractivity contribution in [1.82, 2.24) is 9.97 Å². The molecule has 0 N–H and O–H groups in total. The van der Waals surface area contributed by atoms with Crippen LogP contribution in [-0.2, 0) is 5.75 Å². The Labute approximate surface area is 76.8 Å². The van der Waals surface area contributed by atoms with Crippen LogP contribution in [0.3, 0.4) is 0 Å². The molecule has 0 amide bonds. The van der Waals surface area contributed by atoms with E-state index in [0.717, 1.165) is 23.0 Å². The molecular weight excluding hydrogens is 168 g/mol. The number of thioether (sulfide) groups is 1. The van der Waals surface area contributed by atoms with Gasteiger partial charge in [-0.05, 0) is 13.0 Å². The van der Waals surface area contributed by atoms with Gasteiger partial charge in [0.05, 0.1) is 11.5 Å². The first kappa shape index (κ1) is 9.08. The van der Waals surface area contributed by atoms with E-state index < -0.39 is 0 Å². The zero-order chi connectivity index (χ0) is 8.81. The summed E-state index contributed by atoms with van der Waals surface area (Å²) in [4.78, 5) is 8.36. The lowest BCUT2D eigenvalue weighted by Crippen LogP contribution is -1.93. The van der Waals surface area contributed by atoms with Gasteiger partial charge in [-0.25, -0.2) is 9.97 Å². The lowest BCUT2D eigenvalue weighted by Gasteiger charge is -1.97. The largest absolute Gasteiger partial charge is 0.240 e. The average molecular weight is 178 g/mol. The van der Waals surface area contributed by atoms with Crippen LogP contribution in [0.15, 0.2) is 12.3 Å². The highest BCUT2D eigenvalue weighted by Crippen LogP contribution is 2.06. The van der Waals surface area contributed by atoms with Gasteiger partial charge >= 0.3 is 0 Å². The summed E-state index contributed by atoms with van der Waals surface area (Å²) in [7, 11) is 0. The fourth-order valence-corrected chi connectivity index (χ4v) is 1.31. The molecule has 0 saturated heterocycles. The van der Waals surface area contributed by atoms with E-state index in [-0.39, 0.29) is 0 Å². The first-order chi connectivity index (χ1) is 5.83. The lowest BCUT2D eigenvalue weighted by molar-refractivity contribution is 0.996. The van der Waals surface area contributed by atoms with Gasteiger partial charge in [-0.2, -0.15) is 0 Å². The molecule has 1 aromatic rings. The Bertz CT molecular complexity index is 291. The third kappa shape index (κ3) is 2.93. The lowest BCUT2D eigenvalue weighted by atomic mass is 10.4. The maximum absolute atomic E-state index is 5.11. The van der Waals surface area contributed by atoms with Crippen molar-refractivity contribution in [1.29, 1.82) is 0 Å². The quantitative estimate of drug-likeness (QED) is 0.520. The summed E-state index contributed by atoms with van der Waals surface area (Å²) in [6.07, 6.45) is 6.88. The van der Waals surface area contributed by atoms with Crippen molar-refractivity contribution in [3.05, 3.63) is 23.8 Å². The van der Waals surface area contributed by atoms with Crippen LogP contribution in [0.1, 0.15) is 11.5 Å². The molecule has 3 heteroatoms. The van der Waals surface area contributed by atoms with E-state index in [0.29, 0.717) is 0 Å². The van der Waals surface area contributed by atoms with Crippen molar-refractivity contribution in [3.8, 4) is 12.3 Å². The smallest absolute Gasteiger partial charge is 0.138 e. The molecule has 0 aliphatic rings. The van der Waals surface area contributed by atoms with E-state index in [1.165, 1.54) is 0 Å². The molecule has 12 heavy (non-hydrogen) atoms. The van der Waals surface area contributed by atoms with Crippen molar-refractivity contribution in [2.24, 2.45) is 0 Å². The molecular formula is C9H10N2S. The van der Waals surface area contributed by atoms with Crippen molar-refractivity contribution < 1.29 is 0 Å². The molecule has 0 aliphatic heterocycles. The monoisotopic (exact) mass is 178 g/mol. The van der Waals surface area contributed by atoms with Gasteiger partial charge in [0.2, 0.25) is 0 Å². The zero-order valence-corrected chi connectivity index (χ0v) is 7.77. The highest BCUT2D eigenvalue weighted by molar-refractivity contribution is 7.98. The maximum Gasteiger partial charge on any atom is 0.138 e. The topological polar surface area (TPSA) is 25.8 Å². The highest BCUT2D eigenvalue weighted by Gasteiger charge is 1.94. The molecule has 62 valence electrons. The summed E-state index contributed by atoms with van der Waals surface area (Å²) < 4.78 is 0. The minimum absolute atomic E-state index is 0.720. The van der Waals surface area contributed by atoms with Gasteiger partial charge in [0, 0.05) is 11.9 Å². The van der Waals surface area contributed by atoms with Crippen molar-refractivity contribution >= 4 is 11.8 Å². The Morgan fingerprint density at radius 1 is 1.67 bits per heavy atom. The third-order valence-corrected chi connectivity index (χ3v) is 2.09. The SMILES string of the molecule is C#CCSCc1nccc(C)n1. The zero-order valence-electron chi connectivity index (χ0n) is 6.95. The summed E-state index contributed by atoms with van der Waals surface area (Å²) >= 11 is 1.65. The fourth-order valence-electron chi connectivity index (χ4n) is 0.772. The molecule has 0 aromatic carbocycles. The van der Waals surface area contributed by atoms with Gasteiger partial charge < -0.3 is 0 Å². The third-order valence-electron chi connectivity index (χ3n) is 1.26. The fraction of sp³-hybridized carbons (Fsp3) is 0.333. The maximum atomic E-state index is 5.11. The van der Waals surface area contributed by atoms with Crippen molar-refractivity contribution in [3.63, 3.8) is 0 Å². The van der Waals surface area contributed by atoms with E-state index in [9.17, 15) is 0 Å². The van der Waals surface area contributed by atoms with Crippen LogP contribution in [0.2, 0.25) is 0 Å². The highest BCUT2D eigenvalue weighted by atomic mass is 32.2. The van der Waals surface area contributed by atoms with Crippen molar-refractivity contribution in [2.45, 2.75) is 12.7 Å². The first-order valence-electron chi connectivity index (χ1n) is 3.62. The number of aryl methyl sites for hydroxylation is 1. The summed E-state index contributed by atoms with van der Waals surface area (Å²) in [5.41, 5.74) is 1.00. The standard InChI is InChI=1S/C9H10N2S/c1-3-6-12-7-9-10-5-4-8(2)11-9/h1,4-5H,6-7H2,2H3. The van der Waals surface area contributed by atoms with Crippen LogP contribution < -0.4 is 0 Å². The molecule has 0 aliphatic carbocycles. The Morgan fingerprint density at radius 2 is 2.50 bits per heavy atom. The molecule has 1 aromatic heterocycles. The number of hydrogen-bond donors (Lipinski definition) is 0. The molecule has 0 bridgehead atoms. The second kappa shape index (κ2) is 4.78. The van der Waals surface area contributed by atoms with E-state index in [1.54, 1.807) is 18.0 Å². The Balaban J connectivity index is 2.48. The van der Waals surface area contributed by atoms with Gasteiger partial charge in [0.25, 0.3) is 0 Å². The Kier molecular flexibility index (Phi) is 3.62. The predicted molar refractivity (Wildman–Crippen MR) is 51.8 cm³/mol. The summed E-state index contributed by atoms with van der Waals surface area (Å²) in [5, 5.41) is 0. The number of nitrogens with zero attached hydrogens (tertiary/aromatic N) is 2. The van der Waals surface area contributed by atoms with Crippen molar-refractivity contribution in [2.75, 3.05) is 5.75 Å². The minimum Gasteiger partial charge on any atom is -0.240 e. The van der Waals surface area contributed by atoms with Gasteiger partial charge in [0.1, 0.15) is 5.82 Å². The van der Waals surface area contributed by atoms with Crippen LogP contribution in [0.25, 0.3) is 0 Å². The number of terminal acetylenes is 1. The van der Waals surface area contributed by atoms with Crippen LogP contribution in [-0.4, -0.2) is 15.7 Å². The average Bonchev–Trinajstić information content (AvgIpc) is 2.05. The van der Waals surface area contributed by atoms with Gasteiger partial charge in [-0.15, -0.1) is 18.2 Å². The van der Waals surface area contributed by atoms with Gasteiger partial charge in [-0.1, -0.05) is 5.92 Å². The van der Waals surface area contributed by atoms with Crippen LogP contribution in [0.4, 0.5) is 0 Å². The van der Waals surface area contributed by atoms with E-state index in [2.05, 4.69) is 15.9 Å². The van der Waals surface area contributed by atoms with E-state index >= 15 is 0 Å². The van der Waals surface area contributed by atoms with Gasteiger partial charge in [-0.3, -0.25) is 0 Å². The second-order valence-electron chi connectivity index (χ2n) is 2.31. The van der Waals surface area contributed by atoms with Crippen LogP contribution in [0, 0.1) is 19.3 Å². The van der Waals surface area contributed by atoms with Gasteiger partial charge in [0.15, 0.2) is 0 Å². The number of rotatable bonds is 3. The molecule has 1 heterocycles. The molecule has 0 fully saturated rings.